The summed E-state index contributed by atoms with van der Waals surface area (Å²) < 4.78 is 0. The molecule has 0 aliphatic heterocycles. The summed E-state index contributed by atoms with van der Waals surface area (Å²) in [4.78, 5) is 76.8. The molecule has 0 radical (unpaired) electrons. The second-order valence-corrected chi connectivity index (χ2v) is 12.8. The van der Waals surface area contributed by atoms with E-state index in [1.165, 1.54) is 24.3 Å². The van der Waals surface area contributed by atoms with Crippen LogP contribution in [0, 0.1) is 17.8 Å². The maximum Gasteiger partial charge on any atom is 0.335 e. The Labute approximate surface area is 278 Å². The van der Waals surface area contributed by atoms with Gasteiger partial charge in [0, 0.05) is 12.1 Å². The molecule has 0 saturated carbocycles. The molecule has 5 amide bonds. The van der Waals surface area contributed by atoms with Crippen LogP contribution in [0.15, 0.2) is 24.3 Å². The second-order valence-electron chi connectivity index (χ2n) is 12.8. The third-order valence-corrected chi connectivity index (χ3v) is 7.89. The van der Waals surface area contributed by atoms with Crippen LogP contribution in [0.1, 0.15) is 108 Å². The first-order chi connectivity index (χ1) is 22.1. The first-order valence-corrected chi connectivity index (χ1v) is 16.6. The molecule has 0 aromatic heterocycles. The molecule has 1 aromatic carbocycles. The van der Waals surface area contributed by atoms with E-state index in [4.69, 9.17) is 0 Å². The number of carbonyl (C=O) groups is 6. The highest BCUT2D eigenvalue weighted by Crippen LogP contribution is 2.15. The Morgan fingerprint density at radius 1 is 0.787 bits per heavy atom. The highest BCUT2D eigenvalue weighted by Gasteiger charge is 2.33. The van der Waals surface area contributed by atoms with E-state index in [0.29, 0.717) is 25.8 Å². The molecular formula is C34H55N5O8. The van der Waals surface area contributed by atoms with Gasteiger partial charge < -0.3 is 36.8 Å². The maximum atomic E-state index is 13.6. The second kappa shape index (κ2) is 20.3. The fourth-order valence-corrected chi connectivity index (χ4v) is 5.03. The van der Waals surface area contributed by atoms with Crippen molar-refractivity contribution in [3.8, 4) is 0 Å². The number of benzene rings is 1. The quantitative estimate of drug-likeness (QED) is 0.110. The molecule has 13 nitrogen and oxygen atoms in total. The molecule has 0 saturated heterocycles. The third kappa shape index (κ3) is 13.7. The number of nitrogens with one attached hydrogen (secondary N) is 5. The zero-order valence-electron chi connectivity index (χ0n) is 29.0. The van der Waals surface area contributed by atoms with Crippen LogP contribution in [0.4, 0.5) is 0 Å². The van der Waals surface area contributed by atoms with Gasteiger partial charge in [0.05, 0.1) is 24.1 Å². The fraction of sp³-hybridized carbons (Fsp3) is 0.647. The highest BCUT2D eigenvalue weighted by molar-refractivity contribution is 6.00. The number of rotatable bonds is 20. The minimum absolute atomic E-state index is 0.0422. The first kappa shape index (κ1) is 41.0. The zero-order valence-corrected chi connectivity index (χ0v) is 29.0. The van der Waals surface area contributed by atoms with Crippen LogP contribution >= 0.6 is 0 Å². The van der Waals surface area contributed by atoms with Gasteiger partial charge in [0.1, 0.15) is 18.1 Å². The number of carboxylic acid groups (broad SMARTS) is 1. The average molecular weight is 662 g/mol. The number of aliphatic hydroxyl groups excluding tert-OH is 1. The van der Waals surface area contributed by atoms with Gasteiger partial charge in [0.15, 0.2) is 0 Å². The predicted molar refractivity (Wildman–Crippen MR) is 178 cm³/mol. The van der Waals surface area contributed by atoms with Gasteiger partial charge in [-0.1, -0.05) is 67.4 Å². The predicted octanol–water partition coefficient (Wildman–Crippen LogP) is 2.37. The van der Waals surface area contributed by atoms with Crippen LogP contribution in [0.25, 0.3) is 0 Å². The smallest absolute Gasteiger partial charge is 0.335 e. The van der Waals surface area contributed by atoms with Crippen molar-refractivity contribution in [2.45, 2.75) is 118 Å². The minimum Gasteiger partial charge on any atom is -0.478 e. The molecule has 1 rings (SSSR count). The Hall–Kier alpha value is -4.00. The van der Waals surface area contributed by atoms with Crippen LogP contribution in [-0.2, 0) is 19.2 Å². The van der Waals surface area contributed by atoms with Crippen molar-refractivity contribution in [1.82, 2.24) is 26.6 Å². The SMILES string of the molecule is CCC[C@H](NC(=O)[C@@H](NC(=O)c1cccc(C(=O)O)c1)[C@@H](C)CC)C(=O)N[C@@H](CC(C)C)[C@@H](O)CC(=O)N[C@H](C(=O)NCC)C(C)C. The summed E-state index contributed by atoms with van der Waals surface area (Å²) in [6, 6.07) is 1.85. The summed E-state index contributed by atoms with van der Waals surface area (Å²) in [5.74, 6) is -4.28. The summed E-state index contributed by atoms with van der Waals surface area (Å²) in [6.45, 7) is 15.1. The van der Waals surface area contributed by atoms with Crippen LogP contribution in [-0.4, -0.2) is 82.5 Å². The van der Waals surface area contributed by atoms with E-state index in [9.17, 15) is 39.0 Å². The van der Waals surface area contributed by atoms with Crippen molar-refractivity contribution >= 4 is 35.5 Å². The van der Waals surface area contributed by atoms with Crippen molar-refractivity contribution in [3.05, 3.63) is 35.4 Å². The Balaban J connectivity index is 3.10. The molecule has 264 valence electrons. The Morgan fingerprint density at radius 3 is 1.96 bits per heavy atom. The number of hydrogen-bond donors (Lipinski definition) is 7. The summed E-state index contributed by atoms with van der Waals surface area (Å²) >= 11 is 0. The van der Waals surface area contributed by atoms with E-state index in [2.05, 4.69) is 26.6 Å². The van der Waals surface area contributed by atoms with E-state index in [1.54, 1.807) is 27.7 Å². The number of aromatic carboxylic acids is 1. The summed E-state index contributed by atoms with van der Waals surface area (Å²) in [5.41, 5.74) is 0.00772. The van der Waals surface area contributed by atoms with E-state index < -0.39 is 59.9 Å². The van der Waals surface area contributed by atoms with Crippen LogP contribution in [0.3, 0.4) is 0 Å². The van der Waals surface area contributed by atoms with Crippen LogP contribution < -0.4 is 26.6 Å². The lowest BCUT2D eigenvalue weighted by Crippen LogP contribution is -2.58. The largest absolute Gasteiger partial charge is 0.478 e. The van der Waals surface area contributed by atoms with E-state index in [0.717, 1.165) is 0 Å². The number of carbonyl (C=O) groups excluding carboxylic acids is 5. The topological polar surface area (TPSA) is 203 Å². The van der Waals surface area contributed by atoms with Gasteiger partial charge in [-0.25, -0.2) is 4.79 Å². The summed E-state index contributed by atoms with van der Waals surface area (Å²) in [6.07, 6.45) is 0.0637. The molecule has 1 aromatic rings. The van der Waals surface area contributed by atoms with Crippen LogP contribution in [0.2, 0.25) is 0 Å². The van der Waals surface area contributed by atoms with E-state index in [-0.39, 0.29) is 47.6 Å². The van der Waals surface area contributed by atoms with Gasteiger partial charge in [-0.2, -0.15) is 0 Å². The van der Waals surface area contributed by atoms with Gasteiger partial charge in [0.2, 0.25) is 23.6 Å². The third-order valence-electron chi connectivity index (χ3n) is 7.89. The van der Waals surface area contributed by atoms with Crippen molar-refractivity contribution in [1.29, 1.82) is 0 Å². The van der Waals surface area contributed by atoms with Crippen LogP contribution in [0.5, 0.6) is 0 Å². The summed E-state index contributed by atoms with van der Waals surface area (Å²) in [5, 5.41) is 34.0. The van der Waals surface area contributed by atoms with Crippen molar-refractivity contribution in [2.75, 3.05) is 6.54 Å². The number of amides is 5. The zero-order chi connectivity index (χ0) is 35.8. The molecule has 47 heavy (non-hydrogen) atoms. The molecule has 13 heteroatoms. The molecule has 0 spiro atoms. The highest BCUT2D eigenvalue weighted by atomic mass is 16.4. The lowest BCUT2D eigenvalue weighted by atomic mass is 9.95. The monoisotopic (exact) mass is 661 g/mol. The molecule has 0 aliphatic rings. The molecule has 6 atom stereocenters. The number of hydrogen-bond acceptors (Lipinski definition) is 7. The normalized spacial score (nSPS) is 15.0. The van der Waals surface area contributed by atoms with E-state index >= 15 is 0 Å². The number of carboxylic acids is 1. The lowest BCUT2D eigenvalue weighted by molar-refractivity contribution is -0.133. The molecule has 0 fully saturated rings. The molecular weight excluding hydrogens is 606 g/mol. The van der Waals surface area contributed by atoms with Gasteiger partial charge in [0.25, 0.3) is 5.91 Å². The number of aliphatic hydroxyl groups is 1. The summed E-state index contributed by atoms with van der Waals surface area (Å²) in [7, 11) is 0. The van der Waals surface area contributed by atoms with Gasteiger partial charge in [-0.05, 0) is 55.7 Å². The lowest BCUT2D eigenvalue weighted by Gasteiger charge is -2.30. The van der Waals surface area contributed by atoms with Gasteiger partial charge in [-0.15, -0.1) is 0 Å². The molecule has 0 aliphatic carbocycles. The fourth-order valence-electron chi connectivity index (χ4n) is 5.03. The Morgan fingerprint density at radius 2 is 1.43 bits per heavy atom. The average Bonchev–Trinajstić information content (AvgIpc) is 3.00. The van der Waals surface area contributed by atoms with Crippen molar-refractivity contribution in [3.63, 3.8) is 0 Å². The molecule has 0 bridgehead atoms. The van der Waals surface area contributed by atoms with Crippen molar-refractivity contribution in [2.24, 2.45) is 17.8 Å². The number of likely N-dealkylation sites (N-methyl/N-ethyl adjacent to an activating group) is 1. The van der Waals surface area contributed by atoms with Gasteiger partial charge >= 0.3 is 5.97 Å². The molecule has 0 unspecified atom stereocenters. The maximum absolute atomic E-state index is 13.6. The van der Waals surface area contributed by atoms with E-state index in [1.807, 2.05) is 27.7 Å². The standard InChI is InChI=1S/C34H55N5O8/c1-9-13-24(36-33(45)29(21(8)10-2)39-30(42)22-14-12-15-23(17-22)34(46)47)31(43)37-25(16-19(4)5)26(40)18-27(41)38-28(20(6)7)32(44)35-11-3/h12,14-15,17,19-21,24-26,28-29,40H,9-11,13,16,18H2,1-8H3,(H,35,44)(H,36,45)(H,37,43)(H,38,41)(H,39,42)(H,46,47)/t21-,24-,25-,26-,28-,29-/m0/s1. The van der Waals surface area contributed by atoms with Gasteiger partial charge in [-0.3, -0.25) is 24.0 Å². The Bertz CT molecular complexity index is 1220. The molecule has 7 N–H and O–H groups in total. The molecule has 0 heterocycles. The Kier molecular flexibility index (Phi) is 17.7. The van der Waals surface area contributed by atoms with Crippen molar-refractivity contribution < 1.29 is 39.0 Å². The minimum atomic E-state index is -1.27. The first-order valence-electron chi connectivity index (χ1n) is 16.6.